The van der Waals surface area contributed by atoms with Crippen LogP contribution in [0.25, 0.3) is 0 Å². The van der Waals surface area contributed by atoms with E-state index in [0.717, 1.165) is 11.3 Å². The lowest BCUT2D eigenvalue weighted by atomic mass is 9.97. The van der Waals surface area contributed by atoms with E-state index >= 15 is 0 Å². The molecule has 0 aromatic heterocycles. The van der Waals surface area contributed by atoms with Crippen LogP contribution in [0.15, 0.2) is 48.5 Å². The SMILES string of the molecule is O=C(CC1C(=O)Nc2ccccc21)Nc1cccc(Cl)c1. The minimum atomic E-state index is -0.444. The highest BCUT2D eigenvalue weighted by molar-refractivity contribution is 6.30. The van der Waals surface area contributed by atoms with Crippen molar-refractivity contribution in [2.24, 2.45) is 0 Å². The standard InChI is InChI=1S/C16H13ClN2O2/c17-10-4-3-5-11(8-10)18-15(20)9-13-12-6-1-2-7-14(12)19-16(13)21/h1-8,13H,9H2,(H,18,20)(H,19,21). The molecule has 21 heavy (non-hydrogen) atoms. The Kier molecular flexibility index (Phi) is 3.62. The fraction of sp³-hybridized carbons (Fsp3) is 0.125. The zero-order chi connectivity index (χ0) is 14.8. The molecular weight excluding hydrogens is 288 g/mol. The summed E-state index contributed by atoms with van der Waals surface area (Å²) in [5.41, 5.74) is 2.27. The van der Waals surface area contributed by atoms with E-state index in [9.17, 15) is 9.59 Å². The monoisotopic (exact) mass is 300 g/mol. The van der Waals surface area contributed by atoms with Crippen LogP contribution in [-0.4, -0.2) is 11.8 Å². The predicted octanol–water partition coefficient (Wildman–Crippen LogP) is 3.40. The normalized spacial score (nSPS) is 16.2. The van der Waals surface area contributed by atoms with E-state index in [-0.39, 0.29) is 18.2 Å². The maximum atomic E-state index is 12.1. The number of carbonyl (C=O) groups excluding carboxylic acids is 2. The zero-order valence-corrected chi connectivity index (χ0v) is 11.9. The number of halogens is 1. The average molecular weight is 301 g/mol. The minimum Gasteiger partial charge on any atom is -0.326 e. The second kappa shape index (κ2) is 5.58. The molecule has 0 radical (unpaired) electrons. The van der Waals surface area contributed by atoms with Gasteiger partial charge in [-0.05, 0) is 29.8 Å². The second-order valence-electron chi connectivity index (χ2n) is 4.89. The molecule has 0 bridgehead atoms. The summed E-state index contributed by atoms with van der Waals surface area (Å²) in [5.74, 6) is -0.799. The number of nitrogens with one attached hydrogen (secondary N) is 2. The molecule has 1 aliphatic rings. The maximum absolute atomic E-state index is 12.1. The van der Waals surface area contributed by atoms with E-state index in [1.807, 2.05) is 24.3 Å². The van der Waals surface area contributed by atoms with Gasteiger partial charge in [-0.25, -0.2) is 0 Å². The number of hydrogen-bond donors (Lipinski definition) is 2. The summed E-state index contributed by atoms with van der Waals surface area (Å²) in [4.78, 5) is 24.1. The number of anilines is 2. The number of carbonyl (C=O) groups is 2. The molecule has 3 rings (SSSR count). The molecule has 0 aliphatic carbocycles. The summed E-state index contributed by atoms with van der Waals surface area (Å²) in [6.07, 6.45) is 0.107. The molecule has 1 heterocycles. The molecule has 2 N–H and O–H groups in total. The van der Waals surface area contributed by atoms with E-state index in [0.29, 0.717) is 10.7 Å². The van der Waals surface area contributed by atoms with Gasteiger partial charge < -0.3 is 10.6 Å². The van der Waals surface area contributed by atoms with Crippen LogP contribution >= 0.6 is 11.6 Å². The molecular formula is C16H13ClN2O2. The molecule has 1 atom stereocenters. The van der Waals surface area contributed by atoms with E-state index in [1.165, 1.54) is 0 Å². The summed E-state index contributed by atoms with van der Waals surface area (Å²) in [6.45, 7) is 0. The van der Waals surface area contributed by atoms with Gasteiger partial charge in [0.2, 0.25) is 11.8 Å². The number of para-hydroxylation sites is 1. The van der Waals surface area contributed by atoms with Crippen LogP contribution in [0.1, 0.15) is 17.9 Å². The van der Waals surface area contributed by atoms with E-state index in [2.05, 4.69) is 10.6 Å². The number of fused-ring (bicyclic) bond motifs is 1. The lowest BCUT2D eigenvalue weighted by Crippen LogP contribution is -2.20. The van der Waals surface area contributed by atoms with Gasteiger partial charge in [0.05, 0.1) is 5.92 Å². The Bertz CT molecular complexity index is 715. The number of amides is 2. The summed E-state index contributed by atoms with van der Waals surface area (Å²) < 4.78 is 0. The molecule has 0 fully saturated rings. The van der Waals surface area contributed by atoms with Gasteiger partial charge in [0.15, 0.2) is 0 Å². The van der Waals surface area contributed by atoms with Gasteiger partial charge in [0.25, 0.3) is 0 Å². The summed E-state index contributed by atoms with van der Waals surface area (Å²) in [7, 11) is 0. The highest BCUT2D eigenvalue weighted by Crippen LogP contribution is 2.34. The highest BCUT2D eigenvalue weighted by atomic mass is 35.5. The van der Waals surface area contributed by atoms with Crippen molar-refractivity contribution in [3.8, 4) is 0 Å². The topological polar surface area (TPSA) is 58.2 Å². The van der Waals surface area contributed by atoms with Gasteiger partial charge in [-0.2, -0.15) is 0 Å². The van der Waals surface area contributed by atoms with E-state index in [4.69, 9.17) is 11.6 Å². The van der Waals surface area contributed by atoms with E-state index in [1.54, 1.807) is 24.3 Å². The molecule has 0 spiro atoms. The van der Waals surface area contributed by atoms with Crippen LogP contribution in [-0.2, 0) is 9.59 Å². The van der Waals surface area contributed by atoms with Crippen LogP contribution in [0.3, 0.4) is 0 Å². The van der Waals surface area contributed by atoms with Crippen molar-refractivity contribution >= 4 is 34.8 Å². The van der Waals surface area contributed by atoms with Crippen molar-refractivity contribution in [1.82, 2.24) is 0 Å². The Balaban J connectivity index is 1.72. The van der Waals surface area contributed by atoms with Crippen molar-refractivity contribution in [2.45, 2.75) is 12.3 Å². The number of benzene rings is 2. The van der Waals surface area contributed by atoms with Crippen molar-refractivity contribution in [1.29, 1.82) is 0 Å². The predicted molar refractivity (Wildman–Crippen MR) is 82.5 cm³/mol. The smallest absolute Gasteiger partial charge is 0.232 e. The van der Waals surface area contributed by atoms with Gasteiger partial charge in [-0.1, -0.05) is 35.9 Å². The molecule has 2 aromatic carbocycles. The molecule has 106 valence electrons. The third kappa shape index (κ3) is 2.90. The molecule has 2 amide bonds. The molecule has 1 unspecified atom stereocenters. The lowest BCUT2D eigenvalue weighted by Gasteiger charge is -2.09. The number of rotatable bonds is 3. The average Bonchev–Trinajstić information content (AvgIpc) is 2.75. The maximum Gasteiger partial charge on any atom is 0.232 e. The first kappa shape index (κ1) is 13.6. The van der Waals surface area contributed by atoms with Crippen molar-refractivity contribution in [3.63, 3.8) is 0 Å². The Morgan fingerprint density at radius 3 is 2.81 bits per heavy atom. The first-order chi connectivity index (χ1) is 10.1. The molecule has 1 aliphatic heterocycles. The molecule has 2 aromatic rings. The van der Waals surface area contributed by atoms with Gasteiger partial charge in [-0.15, -0.1) is 0 Å². The van der Waals surface area contributed by atoms with Crippen molar-refractivity contribution in [2.75, 3.05) is 10.6 Å². The Morgan fingerprint density at radius 1 is 1.19 bits per heavy atom. The molecule has 5 heteroatoms. The Hall–Kier alpha value is -2.33. The van der Waals surface area contributed by atoms with Gasteiger partial charge in [-0.3, -0.25) is 9.59 Å². The van der Waals surface area contributed by atoms with Crippen molar-refractivity contribution in [3.05, 3.63) is 59.1 Å². The lowest BCUT2D eigenvalue weighted by molar-refractivity contribution is -0.122. The van der Waals surface area contributed by atoms with Gasteiger partial charge in [0.1, 0.15) is 0 Å². The van der Waals surface area contributed by atoms with Crippen LogP contribution in [0.4, 0.5) is 11.4 Å². The van der Waals surface area contributed by atoms with Crippen LogP contribution in [0.5, 0.6) is 0 Å². The molecule has 0 saturated heterocycles. The van der Waals surface area contributed by atoms with Crippen molar-refractivity contribution < 1.29 is 9.59 Å². The molecule has 0 saturated carbocycles. The quantitative estimate of drug-likeness (QED) is 0.912. The van der Waals surface area contributed by atoms with Gasteiger partial charge >= 0.3 is 0 Å². The third-order valence-electron chi connectivity index (χ3n) is 3.41. The van der Waals surface area contributed by atoms with E-state index < -0.39 is 5.92 Å². The zero-order valence-electron chi connectivity index (χ0n) is 11.1. The fourth-order valence-corrected chi connectivity index (χ4v) is 2.63. The second-order valence-corrected chi connectivity index (χ2v) is 5.33. The largest absolute Gasteiger partial charge is 0.326 e. The van der Waals surface area contributed by atoms with Crippen LogP contribution < -0.4 is 10.6 Å². The Morgan fingerprint density at radius 2 is 2.00 bits per heavy atom. The first-order valence-corrected chi connectivity index (χ1v) is 6.96. The van der Waals surface area contributed by atoms with Crippen LogP contribution in [0, 0.1) is 0 Å². The molecule has 4 nitrogen and oxygen atoms in total. The summed E-state index contributed by atoms with van der Waals surface area (Å²) in [5, 5.41) is 6.10. The highest BCUT2D eigenvalue weighted by Gasteiger charge is 2.31. The summed E-state index contributed by atoms with van der Waals surface area (Å²) in [6, 6.07) is 14.3. The first-order valence-electron chi connectivity index (χ1n) is 6.59. The van der Waals surface area contributed by atoms with Crippen LogP contribution in [0.2, 0.25) is 5.02 Å². The fourth-order valence-electron chi connectivity index (χ4n) is 2.44. The minimum absolute atomic E-state index is 0.107. The van der Waals surface area contributed by atoms with Gasteiger partial charge in [0, 0.05) is 22.8 Å². The summed E-state index contributed by atoms with van der Waals surface area (Å²) >= 11 is 5.87. The third-order valence-corrected chi connectivity index (χ3v) is 3.64. The number of hydrogen-bond acceptors (Lipinski definition) is 2. The Labute approximate surface area is 127 Å².